The molecule has 1 aromatic heterocycles. The SMILES string of the molecule is COc1c(N2C(C(=O)Nc3cc(NC(=O)CCN)nc(C(N)=O)c3)[C@@H](C)OC2(C)C)ccc(F)c1F. The molecule has 1 saturated heterocycles. The second-order valence-electron chi connectivity index (χ2n) is 8.56. The Morgan fingerprint density at radius 2 is 1.92 bits per heavy atom. The fourth-order valence-electron chi connectivity index (χ4n) is 4.14. The van der Waals surface area contributed by atoms with Crippen molar-refractivity contribution in [1.29, 1.82) is 0 Å². The minimum Gasteiger partial charge on any atom is -0.491 e. The van der Waals surface area contributed by atoms with Crippen LogP contribution in [0, 0.1) is 11.6 Å². The van der Waals surface area contributed by atoms with E-state index in [4.69, 9.17) is 20.9 Å². The lowest BCUT2D eigenvalue weighted by Gasteiger charge is -2.36. The number of carbonyl (C=O) groups excluding carboxylic acids is 3. The van der Waals surface area contributed by atoms with Gasteiger partial charge >= 0.3 is 0 Å². The van der Waals surface area contributed by atoms with E-state index in [2.05, 4.69) is 15.6 Å². The van der Waals surface area contributed by atoms with E-state index in [0.717, 1.165) is 6.07 Å². The minimum atomic E-state index is -1.21. The number of nitrogens with one attached hydrogen (secondary N) is 2. The maximum absolute atomic E-state index is 14.5. The molecule has 1 aromatic carbocycles. The third kappa shape index (κ3) is 5.36. The number of primary amides is 1. The molecule has 11 nitrogen and oxygen atoms in total. The van der Waals surface area contributed by atoms with Crippen LogP contribution in [-0.2, 0) is 14.3 Å². The molecule has 1 unspecified atom stereocenters. The minimum absolute atomic E-state index is 0.0151. The van der Waals surface area contributed by atoms with Crippen molar-refractivity contribution in [3.8, 4) is 5.75 Å². The number of hydrogen-bond donors (Lipinski definition) is 4. The van der Waals surface area contributed by atoms with Gasteiger partial charge in [0, 0.05) is 24.7 Å². The van der Waals surface area contributed by atoms with Gasteiger partial charge in [-0.1, -0.05) is 0 Å². The first-order valence-electron chi connectivity index (χ1n) is 11.0. The zero-order valence-electron chi connectivity index (χ0n) is 20.2. The van der Waals surface area contributed by atoms with Gasteiger partial charge in [0.25, 0.3) is 5.91 Å². The Hall–Kier alpha value is -3.84. The Bertz CT molecular complexity index is 1190. The van der Waals surface area contributed by atoms with Gasteiger partial charge in [0.1, 0.15) is 23.3 Å². The molecule has 194 valence electrons. The number of halogens is 2. The van der Waals surface area contributed by atoms with E-state index in [0.29, 0.717) is 0 Å². The van der Waals surface area contributed by atoms with E-state index in [1.54, 1.807) is 20.8 Å². The summed E-state index contributed by atoms with van der Waals surface area (Å²) in [6.45, 7) is 5.09. The molecule has 2 atom stereocenters. The highest BCUT2D eigenvalue weighted by atomic mass is 19.2. The van der Waals surface area contributed by atoms with Gasteiger partial charge in [-0.2, -0.15) is 4.39 Å². The van der Waals surface area contributed by atoms with E-state index in [1.165, 1.54) is 30.2 Å². The molecule has 13 heteroatoms. The fourth-order valence-corrected chi connectivity index (χ4v) is 4.14. The van der Waals surface area contributed by atoms with Crippen LogP contribution in [0.5, 0.6) is 5.75 Å². The van der Waals surface area contributed by atoms with Crippen LogP contribution < -0.4 is 31.7 Å². The van der Waals surface area contributed by atoms with Crippen molar-refractivity contribution in [1.82, 2.24) is 4.98 Å². The number of pyridine rings is 1. The molecule has 1 aliphatic heterocycles. The van der Waals surface area contributed by atoms with Crippen molar-refractivity contribution >= 4 is 34.9 Å². The van der Waals surface area contributed by atoms with Crippen molar-refractivity contribution in [2.24, 2.45) is 11.5 Å². The predicted molar refractivity (Wildman–Crippen MR) is 127 cm³/mol. The second kappa shape index (κ2) is 10.4. The maximum Gasteiger partial charge on any atom is 0.267 e. The highest BCUT2D eigenvalue weighted by molar-refractivity contribution is 6.01. The Labute approximate surface area is 206 Å². The number of methoxy groups -OCH3 is 1. The van der Waals surface area contributed by atoms with Crippen molar-refractivity contribution in [2.45, 2.75) is 45.1 Å². The average molecular weight is 507 g/mol. The molecule has 0 aliphatic carbocycles. The molecule has 3 rings (SSSR count). The highest BCUT2D eigenvalue weighted by Gasteiger charge is 2.50. The third-order valence-electron chi connectivity index (χ3n) is 5.52. The van der Waals surface area contributed by atoms with Gasteiger partial charge in [0.2, 0.25) is 17.6 Å². The zero-order valence-corrected chi connectivity index (χ0v) is 20.2. The van der Waals surface area contributed by atoms with E-state index in [1.807, 2.05) is 0 Å². The molecule has 0 saturated carbocycles. The van der Waals surface area contributed by atoms with Crippen molar-refractivity contribution in [3.05, 3.63) is 41.6 Å². The first-order chi connectivity index (χ1) is 16.9. The predicted octanol–water partition coefficient (Wildman–Crippen LogP) is 1.72. The van der Waals surface area contributed by atoms with Crippen molar-refractivity contribution in [2.75, 3.05) is 29.2 Å². The summed E-state index contributed by atoms with van der Waals surface area (Å²) >= 11 is 0. The molecule has 1 fully saturated rings. The number of nitrogens with two attached hydrogens (primary N) is 2. The number of anilines is 3. The highest BCUT2D eigenvalue weighted by Crippen LogP contribution is 2.43. The largest absolute Gasteiger partial charge is 0.491 e. The van der Waals surface area contributed by atoms with E-state index in [9.17, 15) is 23.2 Å². The average Bonchev–Trinajstić information content (AvgIpc) is 3.03. The first-order valence-corrected chi connectivity index (χ1v) is 11.0. The molecule has 0 bridgehead atoms. The van der Waals surface area contributed by atoms with Crippen molar-refractivity contribution < 1.29 is 32.6 Å². The van der Waals surface area contributed by atoms with Crippen LogP contribution in [0.4, 0.5) is 26.0 Å². The van der Waals surface area contributed by atoms with Gasteiger partial charge in [0.05, 0.1) is 18.9 Å². The van der Waals surface area contributed by atoms with Gasteiger partial charge in [-0.25, -0.2) is 9.37 Å². The standard InChI is InChI=1S/C23H28F2N6O5/c1-11-19(31(23(2,3)36-11)15-6-5-13(24)18(25)20(15)35-4)22(34)28-12-9-14(21(27)33)29-16(10-12)30-17(32)7-8-26/h5-6,9-11,19H,7-8,26H2,1-4H3,(H2,27,33)(H2,28,29,30,32,34)/t11-,19?/m1/s1. The molecule has 0 spiro atoms. The van der Waals surface area contributed by atoms with Crippen LogP contribution >= 0.6 is 0 Å². The summed E-state index contributed by atoms with van der Waals surface area (Å²) in [7, 11) is 1.19. The van der Waals surface area contributed by atoms with E-state index in [-0.39, 0.29) is 41.6 Å². The van der Waals surface area contributed by atoms with Crippen LogP contribution in [0.15, 0.2) is 24.3 Å². The lowest BCUT2D eigenvalue weighted by Crippen LogP contribution is -2.50. The molecule has 2 heterocycles. The summed E-state index contributed by atoms with van der Waals surface area (Å²) in [4.78, 5) is 42.6. The Morgan fingerprint density at radius 3 is 2.53 bits per heavy atom. The maximum atomic E-state index is 14.5. The summed E-state index contributed by atoms with van der Waals surface area (Å²) < 4.78 is 39.4. The van der Waals surface area contributed by atoms with E-state index < -0.39 is 47.2 Å². The topological polar surface area (TPSA) is 162 Å². The van der Waals surface area contributed by atoms with Crippen LogP contribution in [-0.4, -0.2) is 54.2 Å². The third-order valence-corrected chi connectivity index (χ3v) is 5.52. The van der Waals surface area contributed by atoms with Gasteiger partial charge in [-0.15, -0.1) is 0 Å². The number of carbonyl (C=O) groups is 3. The summed E-state index contributed by atoms with van der Waals surface area (Å²) in [6, 6.07) is 3.78. The van der Waals surface area contributed by atoms with E-state index >= 15 is 0 Å². The van der Waals surface area contributed by atoms with Gasteiger partial charge in [-0.05, 0) is 39.0 Å². The first kappa shape index (κ1) is 26.8. The number of nitrogens with zero attached hydrogens (tertiary/aromatic N) is 2. The van der Waals surface area contributed by atoms with Crippen LogP contribution in [0.1, 0.15) is 37.7 Å². The molecule has 6 N–H and O–H groups in total. The monoisotopic (exact) mass is 506 g/mol. The van der Waals surface area contributed by atoms with Gasteiger partial charge in [-0.3, -0.25) is 14.4 Å². The molecule has 1 aliphatic rings. The second-order valence-corrected chi connectivity index (χ2v) is 8.56. The lowest BCUT2D eigenvalue weighted by atomic mass is 10.1. The van der Waals surface area contributed by atoms with Crippen molar-refractivity contribution in [3.63, 3.8) is 0 Å². The van der Waals surface area contributed by atoms with Crippen LogP contribution in [0.25, 0.3) is 0 Å². The summed E-state index contributed by atoms with van der Waals surface area (Å²) in [5.41, 5.74) is 9.63. The molecular formula is C23H28F2N6O5. The number of hydrogen-bond acceptors (Lipinski definition) is 8. The molecule has 36 heavy (non-hydrogen) atoms. The number of amides is 3. The fraction of sp³-hybridized carbons (Fsp3) is 0.391. The number of aromatic nitrogens is 1. The quantitative estimate of drug-likeness (QED) is 0.421. The summed E-state index contributed by atoms with van der Waals surface area (Å²) in [5.74, 6) is -4.64. The summed E-state index contributed by atoms with van der Waals surface area (Å²) in [5, 5.41) is 5.15. The van der Waals surface area contributed by atoms with Gasteiger partial charge < -0.3 is 36.5 Å². The Morgan fingerprint density at radius 1 is 1.22 bits per heavy atom. The Kier molecular flexibility index (Phi) is 7.74. The molecule has 0 radical (unpaired) electrons. The smallest absolute Gasteiger partial charge is 0.267 e. The molecular weight excluding hydrogens is 478 g/mol. The number of ether oxygens (including phenoxy) is 2. The van der Waals surface area contributed by atoms with Crippen LogP contribution in [0.3, 0.4) is 0 Å². The summed E-state index contributed by atoms with van der Waals surface area (Å²) in [6.07, 6.45) is -0.680. The normalized spacial score (nSPS) is 18.6. The Balaban J connectivity index is 1.99. The van der Waals surface area contributed by atoms with Gasteiger partial charge in [0.15, 0.2) is 11.6 Å². The number of benzene rings is 1. The zero-order chi connectivity index (χ0) is 26.8. The lowest BCUT2D eigenvalue weighted by molar-refractivity contribution is -0.118. The molecule has 2 aromatic rings. The number of rotatable bonds is 8. The molecule has 3 amide bonds. The van der Waals surface area contributed by atoms with Crippen LogP contribution in [0.2, 0.25) is 0 Å².